The van der Waals surface area contributed by atoms with Crippen molar-refractivity contribution in [3.63, 3.8) is 0 Å². The molecule has 0 atom stereocenters. The van der Waals surface area contributed by atoms with Crippen molar-refractivity contribution in [2.75, 3.05) is 19.7 Å². The zero-order chi connectivity index (χ0) is 14.9. The minimum Gasteiger partial charge on any atom is -0.484 e. The third-order valence-corrected chi connectivity index (χ3v) is 3.59. The summed E-state index contributed by atoms with van der Waals surface area (Å²) in [5.74, 6) is 0.764. The number of hydrogen-bond donors (Lipinski definition) is 2. The Labute approximate surface area is 125 Å². The number of para-hydroxylation sites is 1. The highest BCUT2D eigenvalue weighted by Gasteiger charge is 2.21. The maximum atomic E-state index is 11.8. The Morgan fingerprint density at radius 1 is 1.05 bits per heavy atom. The first-order valence-corrected chi connectivity index (χ1v) is 7.48. The van der Waals surface area contributed by atoms with Gasteiger partial charge in [-0.1, -0.05) is 31.0 Å². The first-order valence-electron chi connectivity index (χ1n) is 7.48. The first-order chi connectivity index (χ1) is 10.3. The van der Waals surface area contributed by atoms with E-state index in [-0.39, 0.29) is 24.3 Å². The van der Waals surface area contributed by atoms with Crippen LogP contribution in [0.25, 0.3) is 0 Å². The van der Waals surface area contributed by atoms with Crippen molar-refractivity contribution in [1.29, 1.82) is 0 Å². The Kier molecular flexibility index (Phi) is 6.06. The molecule has 0 spiro atoms. The molecule has 0 bridgehead atoms. The highest BCUT2D eigenvalue weighted by molar-refractivity contribution is 5.79. The second-order valence-corrected chi connectivity index (χ2v) is 5.22. The second kappa shape index (κ2) is 8.29. The van der Waals surface area contributed by atoms with Crippen molar-refractivity contribution in [2.24, 2.45) is 5.92 Å². The van der Waals surface area contributed by atoms with Gasteiger partial charge in [0.2, 0.25) is 5.91 Å². The van der Waals surface area contributed by atoms with Gasteiger partial charge in [0, 0.05) is 19.0 Å². The van der Waals surface area contributed by atoms with Crippen molar-refractivity contribution in [3.05, 3.63) is 30.3 Å². The standard InChI is InChI=1S/C16H22N2O3/c19-15(12-21-14-8-2-1-3-9-14)17-10-11-18-16(20)13-6-4-5-7-13/h1-3,8-9,13H,4-7,10-12H2,(H,17,19)(H,18,20). The van der Waals surface area contributed by atoms with Gasteiger partial charge in [-0.05, 0) is 25.0 Å². The van der Waals surface area contributed by atoms with Crippen LogP contribution in [0.15, 0.2) is 30.3 Å². The van der Waals surface area contributed by atoms with Crippen LogP contribution in [0.4, 0.5) is 0 Å². The average molecular weight is 290 g/mol. The molecule has 0 saturated heterocycles. The summed E-state index contributed by atoms with van der Waals surface area (Å²) >= 11 is 0. The van der Waals surface area contributed by atoms with Crippen LogP contribution >= 0.6 is 0 Å². The molecule has 5 nitrogen and oxygen atoms in total. The lowest BCUT2D eigenvalue weighted by Gasteiger charge is -2.11. The number of rotatable bonds is 7. The Hall–Kier alpha value is -2.04. The summed E-state index contributed by atoms with van der Waals surface area (Å²) < 4.78 is 5.33. The monoisotopic (exact) mass is 290 g/mol. The fourth-order valence-electron chi connectivity index (χ4n) is 2.44. The predicted molar refractivity (Wildman–Crippen MR) is 79.9 cm³/mol. The second-order valence-electron chi connectivity index (χ2n) is 5.22. The maximum absolute atomic E-state index is 11.8. The Balaban J connectivity index is 1.54. The SMILES string of the molecule is O=C(COc1ccccc1)NCCNC(=O)C1CCCC1. The largest absolute Gasteiger partial charge is 0.484 e. The smallest absolute Gasteiger partial charge is 0.258 e. The molecule has 0 heterocycles. The molecule has 21 heavy (non-hydrogen) atoms. The number of amides is 2. The average Bonchev–Trinajstić information content (AvgIpc) is 3.05. The summed E-state index contributed by atoms with van der Waals surface area (Å²) in [5.41, 5.74) is 0. The topological polar surface area (TPSA) is 67.4 Å². The van der Waals surface area contributed by atoms with Gasteiger partial charge in [-0.25, -0.2) is 0 Å². The van der Waals surface area contributed by atoms with Crippen LogP contribution in [0.2, 0.25) is 0 Å². The molecule has 1 fully saturated rings. The number of carbonyl (C=O) groups is 2. The van der Waals surface area contributed by atoms with E-state index in [0.29, 0.717) is 18.8 Å². The number of carbonyl (C=O) groups excluding carboxylic acids is 2. The minimum atomic E-state index is -0.186. The predicted octanol–water partition coefficient (Wildman–Crippen LogP) is 1.49. The molecule has 0 unspecified atom stereocenters. The maximum Gasteiger partial charge on any atom is 0.258 e. The molecular weight excluding hydrogens is 268 g/mol. The van der Waals surface area contributed by atoms with Crippen molar-refractivity contribution in [2.45, 2.75) is 25.7 Å². The molecular formula is C16H22N2O3. The van der Waals surface area contributed by atoms with E-state index in [9.17, 15) is 9.59 Å². The molecule has 0 aromatic heterocycles. The van der Waals surface area contributed by atoms with Crippen molar-refractivity contribution < 1.29 is 14.3 Å². The molecule has 2 amide bonds. The van der Waals surface area contributed by atoms with Gasteiger partial charge < -0.3 is 15.4 Å². The van der Waals surface area contributed by atoms with Gasteiger partial charge in [-0.3, -0.25) is 9.59 Å². The van der Waals surface area contributed by atoms with Crippen molar-refractivity contribution in [1.82, 2.24) is 10.6 Å². The lowest BCUT2D eigenvalue weighted by Crippen LogP contribution is -2.38. The molecule has 0 aliphatic heterocycles. The fraction of sp³-hybridized carbons (Fsp3) is 0.500. The van der Waals surface area contributed by atoms with Crippen LogP contribution in [0, 0.1) is 5.92 Å². The third kappa shape index (κ3) is 5.45. The lowest BCUT2D eigenvalue weighted by molar-refractivity contribution is -0.125. The Bertz CT molecular complexity index is 456. The van der Waals surface area contributed by atoms with Gasteiger partial charge in [-0.2, -0.15) is 0 Å². The van der Waals surface area contributed by atoms with E-state index >= 15 is 0 Å². The molecule has 1 aliphatic carbocycles. The van der Waals surface area contributed by atoms with E-state index in [4.69, 9.17) is 4.74 Å². The molecule has 2 N–H and O–H groups in total. The highest BCUT2D eigenvalue weighted by atomic mass is 16.5. The van der Waals surface area contributed by atoms with Gasteiger partial charge in [0.1, 0.15) is 5.75 Å². The van der Waals surface area contributed by atoms with Crippen LogP contribution in [0.3, 0.4) is 0 Å². The van der Waals surface area contributed by atoms with E-state index in [1.165, 1.54) is 0 Å². The molecule has 0 radical (unpaired) electrons. The van der Waals surface area contributed by atoms with Crippen molar-refractivity contribution >= 4 is 11.8 Å². The molecule has 1 saturated carbocycles. The van der Waals surface area contributed by atoms with E-state index in [1.807, 2.05) is 18.2 Å². The van der Waals surface area contributed by atoms with Gasteiger partial charge in [0.15, 0.2) is 6.61 Å². The Morgan fingerprint density at radius 2 is 1.71 bits per heavy atom. The van der Waals surface area contributed by atoms with Gasteiger partial charge in [0.05, 0.1) is 0 Å². The summed E-state index contributed by atoms with van der Waals surface area (Å²) in [6.07, 6.45) is 4.27. The number of ether oxygens (including phenoxy) is 1. The third-order valence-electron chi connectivity index (χ3n) is 3.59. The Morgan fingerprint density at radius 3 is 2.43 bits per heavy atom. The van der Waals surface area contributed by atoms with Crippen LogP contribution in [-0.4, -0.2) is 31.5 Å². The molecule has 2 rings (SSSR count). The molecule has 5 heteroatoms. The zero-order valence-corrected chi connectivity index (χ0v) is 12.1. The van der Waals surface area contributed by atoms with E-state index in [2.05, 4.69) is 10.6 Å². The zero-order valence-electron chi connectivity index (χ0n) is 12.1. The van der Waals surface area contributed by atoms with Crippen LogP contribution in [0.1, 0.15) is 25.7 Å². The minimum absolute atomic E-state index is 0.0133. The summed E-state index contributed by atoms with van der Waals surface area (Å²) in [4.78, 5) is 23.3. The molecule has 1 aromatic carbocycles. The van der Waals surface area contributed by atoms with Crippen LogP contribution in [-0.2, 0) is 9.59 Å². The molecule has 114 valence electrons. The lowest BCUT2D eigenvalue weighted by atomic mass is 10.1. The van der Waals surface area contributed by atoms with Gasteiger partial charge in [0.25, 0.3) is 5.91 Å². The highest BCUT2D eigenvalue weighted by Crippen LogP contribution is 2.24. The summed E-state index contributed by atoms with van der Waals surface area (Å²) in [5, 5.41) is 5.58. The fourth-order valence-corrected chi connectivity index (χ4v) is 2.44. The normalized spacial score (nSPS) is 14.7. The van der Waals surface area contributed by atoms with Gasteiger partial charge in [-0.15, -0.1) is 0 Å². The van der Waals surface area contributed by atoms with Crippen molar-refractivity contribution in [3.8, 4) is 5.75 Å². The number of benzene rings is 1. The summed E-state index contributed by atoms with van der Waals surface area (Å²) in [7, 11) is 0. The van der Waals surface area contributed by atoms with E-state index in [1.54, 1.807) is 12.1 Å². The number of nitrogens with one attached hydrogen (secondary N) is 2. The van der Waals surface area contributed by atoms with Crippen LogP contribution < -0.4 is 15.4 Å². The van der Waals surface area contributed by atoms with Crippen LogP contribution in [0.5, 0.6) is 5.75 Å². The quantitative estimate of drug-likeness (QED) is 0.748. The summed E-state index contributed by atoms with van der Waals surface area (Å²) in [6, 6.07) is 9.20. The number of hydrogen-bond acceptors (Lipinski definition) is 3. The summed E-state index contributed by atoms with van der Waals surface area (Å²) in [6.45, 7) is 0.877. The van der Waals surface area contributed by atoms with E-state index < -0.39 is 0 Å². The molecule has 1 aromatic rings. The van der Waals surface area contributed by atoms with E-state index in [0.717, 1.165) is 25.7 Å². The first kappa shape index (κ1) is 15.4. The van der Waals surface area contributed by atoms with Gasteiger partial charge >= 0.3 is 0 Å². The molecule has 1 aliphatic rings.